The topological polar surface area (TPSA) is 68.2 Å². The van der Waals surface area contributed by atoms with Gasteiger partial charge in [0.05, 0.1) is 17.3 Å². The van der Waals surface area contributed by atoms with E-state index in [1.807, 2.05) is 14.0 Å². The van der Waals surface area contributed by atoms with Crippen LogP contribution in [-0.4, -0.2) is 33.9 Å². The number of rotatable bonds is 2. The first-order valence-corrected chi connectivity index (χ1v) is 5.49. The van der Waals surface area contributed by atoms with Crippen LogP contribution >= 0.6 is 11.6 Å². The number of nitrogens with zero attached hydrogens (tertiary/aromatic N) is 3. The van der Waals surface area contributed by atoms with Crippen molar-refractivity contribution >= 4 is 23.3 Å². The largest absolute Gasteiger partial charge is 0.481 e. The molecule has 1 unspecified atom stereocenters. The minimum Gasteiger partial charge on any atom is -0.481 e. The van der Waals surface area contributed by atoms with Gasteiger partial charge in [0.25, 0.3) is 0 Å². The van der Waals surface area contributed by atoms with E-state index in [1.54, 1.807) is 23.0 Å². The van der Waals surface area contributed by atoms with Crippen LogP contribution in [0.2, 0.25) is 0 Å². The normalized spacial score (nSPS) is 21.2. The molecule has 1 atom stereocenters. The molecule has 0 aromatic rings. The molecular weight excluding hydrogens is 244 g/mol. The van der Waals surface area contributed by atoms with E-state index in [0.717, 1.165) is 5.70 Å². The van der Waals surface area contributed by atoms with Gasteiger partial charge in [-0.2, -0.15) is 0 Å². The molecule has 0 fully saturated rings. The Morgan fingerprint density at radius 2 is 2.29 bits per heavy atom. The van der Waals surface area contributed by atoms with Crippen molar-refractivity contribution in [3.63, 3.8) is 0 Å². The quantitative estimate of drug-likeness (QED) is 0.724. The van der Waals surface area contributed by atoms with Gasteiger partial charge in [-0.15, -0.1) is 5.53 Å². The molecule has 2 aliphatic heterocycles. The average Bonchev–Trinajstić information content (AvgIpc) is 2.55. The van der Waals surface area contributed by atoms with E-state index in [4.69, 9.17) is 16.7 Å². The molecule has 0 aliphatic carbocycles. The molecule has 2 heterocycles. The Labute approximate surface area is 104 Å². The standard InChI is InChI=1S/C10H13ClN4O2/c1-5(10(16)17)7-4-8(11)15-9(12-7)6(2)14(3)13-15/h4-5,13H,1-3H3,(H,16,17). The predicted molar refractivity (Wildman–Crippen MR) is 63.6 cm³/mol. The van der Waals surface area contributed by atoms with Crippen molar-refractivity contribution in [3.05, 3.63) is 22.8 Å². The highest BCUT2D eigenvalue weighted by atomic mass is 35.5. The highest BCUT2D eigenvalue weighted by Gasteiger charge is 2.31. The third kappa shape index (κ3) is 1.89. The van der Waals surface area contributed by atoms with Crippen LogP contribution in [0.4, 0.5) is 0 Å². The van der Waals surface area contributed by atoms with Gasteiger partial charge in [0.15, 0.2) is 5.82 Å². The molecule has 0 radical (unpaired) electrons. The Bertz CT molecular complexity index is 469. The van der Waals surface area contributed by atoms with Crippen molar-refractivity contribution in [1.29, 1.82) is 0 Å². The lowest BCUT2D eigenvalue weighted by Crippen LogP contribution is -2.39. The van der Waals surface area contributed by atoms with E-state index >= 15 is 0 Å². The molecule has 92 valence electrons. The zero-order valence-corrected chi connectivity index (χ0v) is 10.5. The summed E-state index contributed by atoms with van der Waals surface area (Å²) in [5, 5.41) is 12.7. The minimum atomic E-state index is -0.921. The number of allylic oxidation sites excluding steroid dienone is 2. The number of carboxylic acid groups (broad SMARTS) is 1. The first-order valence-electron chi connectivity index (χ1n) is 5.11. The van der Waals surface area contributed by atoms with Crippen molar-refractivity contribution in [2.45, 2.75) is 13.8 Å². The smallest absolute Gasteiger partial charge is 0.312 e. The van der Waals surface area contributed by atoms with E-state index in [-0.39, 0.29) is 0 Å². The minimum absolute atomic E-state index is 0.404. The number of aliphatic carboxylic acids is 1. The van der Waals surface area contributed by atoms with E-state index in [1.165, 1.54) is 0 Å². The van der Waals surface area contributed by atoms with Crippen LogP contribution < -0.4 is 5.53 Å². The maximum atomic E-state index is 10.9. The van der Waals surface area contributed by atoms with Crippen LogP contribution in [0.3, 0.4) is 0 Å². The fourth-order valence-electron chi connectivity index (χ4n) is 1.55. The van der Waals surface area contributed by atoms with Gasteiger partial charge in [0.2, 0.25) is 0 Å². The van der Waals surface area contributed by atoms with Gasteiger partial charge in [-0.1, -0.05) is 11.6 Å². The summed E-state index contributed by atoms with van der Waals surface area (Å²) in [4.78, 5) is 15.3. The SMILES string of the molecule is CC1=C2N=C(C(C)C(=O)O)C=C(Cl)N2NN1C. The molecular formula is C10H13ClN4O2. The molecule has 0 aromatic carbocycles. The summed E-state index contributed by atoms with van der Waals surface area (Å²) in [6, 6.07) is 0. The summed E-state index contributed by atoms with van der Waals surface area (Å²) < 4.78 is 0. The lowest BCUT2D eigenvalue weighted by Gasteiger charge is -2.24. The Hall–Kier alpha value is -1.53. The number of carboxylic acids is 1. The van der Waals surface area contributed by atoms with Crippen LogP contribution in [0.15, 0.2) is 27.7 Å². The maximum Gasteiger partial charge on any atom is 0.312 e. The van der Waals surface area contributed by atoms with Gasteiger partial charge in [-0.25, -0.2) is 10.0 Å². The molecule has 0 saturated carbocycles. The fraction of sp³-hybridized carbons (Fsp3) is 0.400. The van der Waals surface area contributed by atoms with Crippen LogP contribution in [0.1, 0.15) is 13.8 Å². The molecule has 2 N–H and O–H groups in total. The fourth-order valence-corrected chi connectivity index (χ4v) is 1.78. The van der Waals surface area contributed by atoms with Gasteiger partial charge in [0.1, 0.15) is 5.16 Å². The summed E-state index contributed by atoms with van der Waals surface area (Å²) in [5.41, 5.74) is 4.31. The second-order valence-corrected chi connectivity index (χ2v) is 4.35. The van der Waals surface area contributed by atoms with Crippen LogP contribution in [0.25, 0.3) is 0 Å². The Morgan fingerprint density at radius 3 is 2.88 bits per heavy atom. The van der Waals surface area contributed by atoms with Crippen LogP contribution in [-0.2, 0) is 4.79 Å². The second kappa shape index (κ2) is 4.05. The molecule has 0 bridgehead atoms. The zero-order chi connectivity index (χ0) is 12.7. The number of hydrogen-bond donors (Lipinski definition) is 2. The van der Waals surface area contributed by atoms with Gasteiger partial charge < -0.3 is 5.11 Å². The summed E-state index contributed by atoms with van der Waals surface area (Å²) in [5.74, 6) is -0.976. The number of hydrazine groups is 2. The number of aliphatic imine (C=N–C) groups is 1. The van der Waals surface area contributed by atoms with E-state index < -0.39 is 11.9 Å². The summed E-state index contributed by atoms with van der Waals surface area (Å²) in [7, 11) is 1.83. The Balaban J connectivity index is 2.42. The zero-order valence-electron chi connectivity index (χ0n) is 9.73. The number of fused-ring (bicyclic) bond motifs is 1. The van der Waals surface area contributed by atoms with Crippen molar-refractivity contribution in [1.82, 2.24) is 15.6 Å². The van der Waals surface area contributed by atoms with Crippen LogP contribution in [0.5, 0.6) is 0 Å². The molecule has 0 aromatic heterocycles. The maximum absolute atomic E-state index is 10.9. The van der Waals surface area contributed by atoms with Gasteiger partial charge in [-0.05, 0) is 19.9 Å². The molecule has 0 spiro atoms. The summed E-state index contributed by atoms with van der Waals surface area (Å²) >= 11 is 6.08. The lowest BCUT2D eigenvalue weighted by molar-refractivity contribution is -0.138. The van der Waals surface area contributed by atoms with Crippen LogP contribution in [0, 0.1) is 5.92 Å². The van der Waals surface area contributed by atoms with Crippen molar-refractivity contribution in [3.8, 4) is 0 Å². The predicted octanol–water partition coefficient (Wildman–Crippen LogP) is 1.10. The Kier molecular flexibility index (Phi) is 2.84. The first-order chi connectivity index (χ1) is 7.91. The number of nitrogens with one attached hydrogen (secondary N) is 1. The molecule has 0 amide bonds. The molecule has 2 aliphatic rings. The molecule has 0 saturated heterocycles. The average molecular weight is 257 g/mol. The third-order valence-corrected chi connectivity index (χ3v) is 3.10. The highest BCUT2D eigenvalue weighted by Crippen LogP contribution is 2.29. The second-order valence-electron chi connectivity index (χ2n) is 3.97. The van der Waals surface area contributed by atoms with Crippen molar-refractivity contribution < 1.29 is 9.90 Å². The van der Waals surface area contributed by atoms with Crippen molar-refractivity contribution in [2.75, 3.05) is 7.05 Å². The number of halogens is 1. The van der Waals surface area contributed by atoms with E-state index in [9.17, 15) is 4.79 Å². The van der Waals surface area contributed by atoms with Gasteiger partial charge in [0, 0.05) is 7.05 Å². The van der Waals surface area contributed by atoms with Gasteiger partial charge >= 0.3 is 5.97 Å². The Morgan fingerprint density at radius 1 is 1.65 bits per heavy atom. The summed E-state index contributed by atoms with van der Waals surface area (Å²) in [6.07, 6.45) is 1.56. The molecule has 2 rings (SSSR count). The number of hydrogen-bond acceptors (Lipinski definition) is 5. The number of carbonyl (C=O) groups is 1. The summed E-state index contributed by atoms with van der Waals surface area (Å²) in [6.45, 7) is 3.46. The first kappa shape index (κ1) is 11.9. The van der Waals surface area contributed by atoms with Gasteiger partial charge in [-0.3, -0.25) is 9.80 Å². The monoisotopic (exact) mass is 256 g/mol. The van der Waals surface area contributed by atoms with E-state index in [0.29, 0.717) is 16.7 Å². The molecule has 6 nitrogen and oxygen atoms in total. The van der Waals surface area contributed by atoms with E-state index in [2.05, 4.69) is 10.5 Å². The third-order valence-electron chi connectivity index (χ3n) is 2.82. The highest BCUT2D eigenvalue weighted by molar-refractivity contribution is 6.31. The molecule has 17 heavy (non-hydrogen) atoms. The molecule has 7 heteroatoms. The lowest BCUT2D eigenvalue weighted by atomic mass is 10.1. The van der Waals surface area contributed by atoms with Crippen molar-refractivity contribution in [2.24, 2.45) is 10.9 Å².